The fraction of sp³-hybridized carbons (Fsp3) is 1.00. The van der Waals surface area contributed by atoms with E-state index in [1.807, 2.05) is 0 Å². The number of rotatable bonds is 2. The minimum Gasteiger partial charge on any atom is -0.380 e. The standard InChI is InChI=1S/C11H21NO/c1-9-3-2-4-10(7-9)12-11-5-6-13-8-11/h9-12H,2-8H2,1H3/t9-,10+,11-/m0/s1. The molecule has 0 amide bonds. The van der Waals surface area contributed by atoms with E-state index in [4.69, 9.17) is 4.74 Å². The highest BCUT2D eigenvalue weighted by Gasteiger charge is 2.23. The van der Waals surface area contributed by atoms with Crippen LogP contribution in [0.15, 0.2) is 0 Å². The maximum Gasteiger partial charge on any atom is 0.0620 e. The van der Waals surface area contributed by atoms with Gasteiger partial charge in [0.15, 0.2) is 0 Å². The maximum atomic E-state index is 5.36. The summed E-state index contributed by atoms with van der Waals surface area (Å²) in [6, 6.07) is 1.42. The van der Waals surface area contributed by atoms with Gasteiger partial charge in [-0.3, -0.25) is 0 Å². The summed E-state index contributed by atoms with van der Waals surface area (Å²) in [5.41, 5.74) is 0. The van der Waals surface area contributed by atoms with Crippen molar-refractivity contribution < 1.29 is 4.74 Å². The molecule has 1 N–H and O–H groups in total. The van der Waals surface area contributed by atoms with E-state index >= 15 is 0 Å². The van der Waals surface area contributed by atoms with E-state index in [1.165, 1.54) is 32.1 Å². The Labute approximate surface area is 81.0 Å². The second kappa shape index (κ2) is 4.43. The smallest absolute Gasteiger partial charge is 0.0620 e. The van der Waals surface area contributed by atoms with E-state index in [2.05, 4.69) is 12.2 Å². The first-order chi connectivity index (χ1) is 6.34. The molecule has 0 bridgehead atoms. The highest BCUT2D eigenvalue weighted by atomic mass is 16.5. The van der Waals surface area contributed by atoms with E-state index in [-0.39, 0.29) is 0 Å². The SMILES string of the molecule is C[C@H]1CCC[C@@H](N[C@H]2CCOC2)C1. The average Bonchev–Trinajstić information content (AvgIpc) is 2.57. The van der Waals surface area contributed by atoms with E-state index in [0.29, 0.717) is 6.04 Å². The predicted molar refractivity (Wildman–Crippen MR) is 53.8 cm³/mol. The Morgan fingerprint density at radius 2 is 2.08 bits per heavy atom. The lowest BCUT2D eigenvalue weighted by molar-refractivity contribution is 0.183. The summed E-state index contributed by atoms with van der Waals surface area (Å²) in [4.78, 5) is 0. The zero-order valence-corrected chi connectivity index (χ0v) is 8.59. The van der Waals surface area contributed by atoms with Gasteiger partial charge in [0.1, 0.15) is 0 Å². The molecule has 1 saturated carbocycles. The Kier molecular flexibility index (Phi) is 3.23. The molecule has 2 heteroatoms. The molecule has 0 aromatic rings. The zero-order valence-electron chi connectivity index (χ0n) is 8.59. The molecule has 3 atom stereocenters. The molecule has 2 aliphatic rings. The molecule has 1 saturated heterocycles. The van der Waals surface area contributed by atoms with E-state index in [9.17, 15) is 0 Å². The van der Waals surface area contributed by atoms with Crippen LogP contribution in [0.4, 0.5) is 0 Å². The Morgan fingerprint density at radius 1 is 1.15 bits per heavy atom. The second-order valence-corrected chi connectivity index (χ2v) is 4.70. The van der Waals surface area contributed by atoms with Gasteiger partial charge in [-0.25, -0.2) is 0 Å². The normalized spacial score (nSPS) is 40.8. The quantitative estimate of drug-likeness (QED) is 0.706. The molecular formula is C11H21NO. The fourth-order valence-electron chi connectivity index (χ4n) is 2.58. The minimum absolute atomic E-state index is 0.648. The molecule has 1 aliphatic carbocycles. The van der Waals surface area contributed by atoms with Crippen molar-refractivity contribution in [1.29, 1.82) is 0 Å². The van der Waals surface area contributed by atoms with Gasteiger partial charge >= 0.3 is 0 Å². The molecule has 2 rings (SSSR count). The predicted octanol–water partition coefficient (Wildman–Crippen LogP) is 1.94. The van der Waals surface area contributed by atoms with Gasteiger partial charge in [0, 0.05) is 18.7 Å². The van der Waals surface area contributed by atoms with Crippen LogP contribution in [0.1, 0.15) is 39.0 Å². The first kappa shape index (κ1) is 9.47. The minimum atomic E-state index is 0.648. The molecule has 13 heavy (non-hydrogen) atoms. The molecule has 0 aromatic carbocycles. The lowest BCUT2D eigenvalue weighted by atomic mass is 9.87. The van der Waals surface area contributed by atoms with Crippen LogP contribution in [0.2, 0.25) is 0 Å². The van der Waals surface area contributed by atoms with Crippen molar-refractivity contribution in [3.8, 4) is 0 Å². The molecule has 0 aromatic heterocycles. The van der Waals surface area contributed by atoms with Crippen LogP contribution < -0.4 is 5.32 Å². The van der Waals surface area contributed by atoms with E-state index in [0.717, 1.165) is 25.2 Å². The van der Waals surface area contributed by atoms with Crippen molar-refractivity contribution in [3.63, 3.8) is 0 Å². The molecular weight excluding hydrogens is 162 g/mol. The van der Waals surface area contributed by atoms with Crippen LogP contribution in [0.5, 0.6) is 0 Å². The van der Waals surface area contributed by atoms with Crippen molar-refractivity contribution in [1.82, 2.24) is 5.32 Å². The number of nitrogens with one attached hydrogen (secondary N) is 1. The lowest BCUT2D eigenvalue weighted by Crippen LogP contribution is -2.41. The topological polar surface area (TPSA) is 21.3 Å². The Bertz CT molecular complexity index is 154. The van der Waals surface area contributed by atoms with Gasteiger partial charge in [-0.15, -0.1) is 0 Å². The lowest BCUT2D eigenvalue weighted by Gasteiger charge is -2.29. The highest BCUT2D eigenvalue weighted by molar-refractivity contribution is 4.81. The summed E-state index contributed by atoms with van der Waals surface area (Å²) in [6.07, 6.45) is 6.80. The molecule has 0 spiro atoms. The van der Waals surface area contributed by atoms with Gasteiger partial charge in [-0.2, -0.15) is 0 Å². The van der Waals surface area contributed by atoms with Gasteiger partial charge in [-0.05, 0) is 25.2 Å². The molecule has 1 aliphatic heterocycles. The number of hydrogen-bond acceptors (Lipinski definition) is 2. The van der Waals surface area contributed by atoms with Gasteiger partial charge < -0.3 is 10.1 Å². The Morgan fingerprint density at radius 3 is 2.77 bits per heavy atom. The van der Waals surface area contributed by atoms with Crippen molar-refractivity contribution >= 4 is 0 Å². The summed E-state index contributed by atoms with van der Waals surface area (Å²) in [5.74, 6) is 0.925. The van der Waals surface area contributed by atoms with Crippen LogP contribution in [-0.2, 0) is 4.74 Å². The van der Waals surface area contributed by atoms with Crippen molar-refractivity contribution in [2.45, 2.75) is 51.1 Å². The van der Waals surface area contributed by atoms with Crippen LogP contribution in [0, 0.1) is 5.92 Å². The average molecular weight is 183 g/mol. The van der Waals surface area contributed by atoms with Gasteiger partial charge in [0.2, 0.25) is 0 Å². The Balaban J connectivity index is 1.73. The molecule has 2 fully saturated rings. The number of ether oxygens (including phenoxy) is 1. The highest BCUT2D eigenvalue weighted by Crippen LogP contribution is 2.24. The molecule has 76 valence electrons. The first-order valence-corrected chi connectivity index (χ1v) is 5.68. The summed E-state index contributed by atoms with van der Waals surface area (Å²) in [5, 5.41) is 3.72. The first-order valence-electron chi connectivity index (χ1n) is 5.68. The third-order valence-corrected chi connectivity index (χ3v) is 3.34. The molecule has 0 unspecified atom stereocenters. The second-order valence-electron chi connectivity index (χ2n) is 4.70. The monoisotopic (exact) mass is 183 g/mol. The molecule has 2 nitrogen and oxygen atoms in total. The maximum absolute atomic E-state index is 5.36. The van der Waals surface area contributed by atoms with Crippen LogP contribution >= 0.6 is 0 Å². The third-order valence-electron chi connectivity index (χ3n) is 3.34. The van der Waals surface area contributed by atoms with Crippen LogP contribution in [-0.4, -0.2) is 25.3 Å². The number of hydrogen-bond donors (Lipinski definition) is 1. The van der Waals surface area contributed by atoms with Crippen LogP contribution in [0.25, 0.3) is 0 Å². The van der Waals surface area contributed by atoms with Crippen molar-refractivity contribution in [2.24, 2.45) is 5.92 Å². The van der Waals surface area contributed by atoms with E-state index < -0.39 is 0 Å². The third kappa shape index (κ3) is 2.68. The fourth-order valence-corrected chi connectivity index (χ4v) is 2.58. The van der Waals surface area contributed by atoms with Crippen LogP contribution in [0.3, 0.4) is 0 Å². The summed E-state index contributed by atoms with van der Waals surface area (Å²) in [6.45, 7) is 4.27. The van der Waals surface area contributed by atoms with Gasteiger partial charge in [-0.1, -0.05) is 19.8 Å². The Hall–Kier alpha value is -0.0800. The zero-order chi connectivity index (χ0) is 9.10. The van der Waals surface area contributed by atoms with Crippen molar-refractivity contribution in [2.75, 3.05) is 13.2 Å². The summed E-state index contributed by atoms with van der Waals surface area (Å²) < 4.78 is 5.36. The summed E-state index contributed by atoms with van der Waals surface area (Å²) in [7, 11) is 0. The van der Waals surface area contributed by atoms with Gasteiger partial charge in [0.25, 0.3) is 0 Å². The summed E-state index contributed by atoms with van der Waals surface area (Å²) >= 11 is 0. The van der Waals surface area contributed by atoms with E-state index in [1.54, 1.807) is 0 Å². The van der Waals surface area contributed by atoms with Gasteiger partial charge in [0.05, 0.1) is 6.61 Å². The molecule has 0 radical (unpaired) electrons. The molecule has 1 heterocycles. The largest absolute Gasteiger partial charge is 0.380 e. The van der Waals surface area contributed by atoms with Crippen molar-refractivity contribution in [3.05, 3.63) is 0 Å².